The summed E-state index contributed by atoms with van der Waals surface area (Å²) >= 11 is 0. The number of aromatic amines is 1. The summed E-state index contributed by atoms with van der Waals surface area (Å²) in [5.74, 6) is 0.299. The fourth-order valence-corrected chi connectivity index (χ4v) is 3.44. The summed E-state index contributed by atoms with van der Waals surface area (Å²) in [5.41, 5.74) is 4.05. The van der Waals surface area contributed by atoms with Crippen molar-refractivity contribution < 1.29 is 0 Å². The first kappa shape index (κ1) is 18.4. The van der Waals surface area contributed by atoms with Crippen LogP contribution in [0.5, 0.6) is 0 Å². The third-order valence-corrected chi connectivity index (χ3v) is 5.03. The Kier molecular flexibility index (Phi) is 4.19. The number of aryl methyl sites for hydroxylation is 2. The number of para-hydroxylation sites is 1. The second-order valence-electron chi connectivity index (χ2n) is 7.11. The van der Waals surface area contributed by atoms with E-state index in [1.165, 1.54) is 6.20 Å². The number of hydrogen-bond acceptors (Lipinski definition) is 6. The molecular formula is C22H16N8O. The van der Waals surface area contributed by atoms with Gasteiger partial charge in [-0.05, 0) is 38.1 Å². The summed E-state index contributed by atoms with van der Waals surface area (Å²) in [6, 6.07) is 17.0. The van der Waals surface area contributed by atoms with Crippen LogP contribution in [0.15, 0.2) is 69.8 Å². The molecule has 5 rings (SSSR count). The number of nitriles is 1. The second kappa shape index (κ2) is 7.03. The molecule has 0 aliphatic carbocycles. The average Bonchev–Trinajstić information content (AvgIpc) is 3.33. The number of aromatic nitrogens is 5. The van der Waals surface area contributed by atoms with Gasteiger partial charge < -0.3 is 4.98 Å². The molecule has 0 amide bonds. The minimum atomic E-state index is -0.234. The molecular weight excluding hydrogens is 392 g/mol. The van der Waals surface area contributed by atoms with E-state index in [0.29, 0.717) is 33.7 Å². The molecule has 9 nitrogen and oxygen atoms in total. The third kappa shape index (κ3) is 2.98. The number of benzene rings is 2. The molecule has 0 aliphatic rings. The van der Waals surface area contributed by atoms with Crippen molar-refractivity contribution in [1.82, 2.24) is 24.4 Å². The van der Waals surface area contributed by atoms with E-state index in [1.807, 2.05) is 43.3 Å². The quantitative estimate of drug-likeness (QED) is 0.449. The van der Waals surface area contributed by atoms with Gasteiger partial charge in [0.25, 0.3) is 5.56 Å². The van der Waals surface area contributed by atoms with E-state index in [1.54, 1.807) is 28.3 Å². The summed E-state index contributed by atoms with van der Waals surface area (Å²) in [7, 11) is 0. The molecule has 2 aromatic carbocycles. The highest BCUT2D eigenvalue weighted by Gasteiger charge is 2.16. The lowest BCUT2D eigenvalue weighted by atomic mass is 10.2. The molecule has 0 atom stereocenters. The van der Waals surface area contributed by atoms with Gasteiger partial charge in [0.15, 0.2) is 17.2 Å². The highest BCUT2D eigenvalue weighted by molar-refractivity contribution is 5.83. The van der Waals surface area contributed by atoms with Gasteiger partial charge in [-0.1, -0.05) is 29.8 Å². The second-order valence-corrected chi connectivity index (χ2v) is 7.11. The molecule has 0 bridgehead atoms. The molecule has 9 heteroatoms. The standard InChI is InChI=1S/C22H16N8O/c1-13-7-9-16(10-8-13)29-20(15(11-23)12-24-29)27-26-19-14(2)28-30-18-6-4-3-5-17(18)22(31)25-21(19)30/h3-10,12H,1-2H3,(H,25,31). The van der Waals surface area contributed by atoms with Crippen LogP contribution in [0.4, 0.5) is 11.5 Å². The first-order valence-corrected chi connectivity index (χ1v) is 9.54. The summed E-state index contributed by atoms with van der Waals surface area (Å²) in [6.07, 6.45) is 1.45. The van der Waals surface area contributed by atoms with Crippen LogP contribution in [0.2, 0.25) is 0 Å². The molecule has 3 aromatic heterocycles. The molecule has 3 heterocycles. The van der Waals surface area contributed by atoms with E-state index in [0.717, 1.165) is 11.3 Å². The molecule has 0 radical (unpaired) electrons. The fraction of sp³-hybridized carbons (Fsp3) is 0.0909. The van der Waals surface area contributed by atoms with E-state index in [4.69, 9.17) is 0 Å². The van der Waals surface area contributed by atoms with E-state index in [9.17, 15) is 10.1 Å². The first-order valence-electron chi connectivity index (χ1n) is 9.54. The van der Waals surface area contributed by atoms with Crippen LogP contribution in [-0.4, -0.2) is 24.4 Å². The number of azo groups is 1. The first-order chi connectivity index (χ1) is 15.1. The number of nitrogens with zero attached hydrogens (tertiary/aromatic N) is 7. The van der Waals surface area contributed by atoms with Gasteiger partial charge in [-0.3, -0.25) is 4.79 Å². The number of rotatable bonds is 3. The van der Waals surface area contributed by atoms with Gasteiger partial charge in [-0.25, -0.2) is 9.20 Å². The van der Waals surface area contributed by atoms with E-state index < -0.39 is 0 Å². The molecule has 150 valence electrons. The number of hydrogen-bond donors (Lipinski definition) is 1. The van der Waals surface area contributed by atoms with Crippen molar-refractivity contribution in [2.75, 3.05) is 0 Å². The maximum absolute atomic E-state index is 12.5. The van der Waals surface area contributed by atoms with Gasteiger partial charge in [-0.2, -0.15) is 15.5 Å². The van der Waals surface area contributed by atoms with Gasteiger partial charge in [0.05, 0.1) is 28.5 Å². The lowest BCUT2D eigenvalue weighted by molar-refractivity contribution is 0.869. The molecule has 0 saturated heterocycles. The Labute approximate surface area is 175 Å². The van der Waals surface area contributed by atoms with Gasteiger partial charge in [0, 0.05) is 0 Å². The maximum atomic E-state index is 12.5. The van der Waals surface area contributed by atoms with Crippen molar-refractivity contribution in [3.63, 3.8) is 0 Å². The smallest absolute Gasteiger partial charge is 0.259 e. The average molecular weight is 408 g/mol. The third-order valence-electron chi connectivity index (χ3n) is 5.03. The molecule has 0 aliphatic heterocycles. The van der Waals surface area contributed by atoms with Gasteiger partial charge >= 0.3 is 0 Å². The van der Waals surface area contributed by atoms with Crippen molar-refractivity contribution in [3.05, 3.63) is 81.9 Å². The molecule has 0 fully saturated rings. The van der Waals surface area contributed by atoms with Crippen LogP contribution in [0.3, 0.4) is 0 Å². The number of fused-ring (bicyclic) bond motifs is 3. The van der Waals surface area contributed by atoms with Crippen LogP contribution < -0.4 is 5.56 Å². The molecule has 1 N–H and O–H groups in total. The predicted molar refractivity (Wildman–Crippen MR) is 115 cm³/mol. The lowest BCUT2D eigenvalue weighted by Crippen LogP contribution is -2.09. The Morgan fingerprint density at radius 2 is 1.84 bits per heavy atom. The van der Waals surface area contributed by atoms with Crippen molar-refractivity contribution in [2.45, 2.75) is 13.8 Å². The highest BCUT2D eigenvalue weighted by Crippen LogP contribution is 2.29. The van der Waals surface area contributed by atoms with Crippen LogP contribution in [0, 0.1) is 25.2 Å². The molecule has 31 heavy (non-hydrogen) atoms. The Morgan fingerprint density at radius 1 is 1.06 bits per heavy atom. The predicted octanol–water partition coefficient (Wildman–Crippen LogP) is 4.27. The van der Waals surface area contributed by atoms with E-state index >= 15 is 0 Å². The zero-order valence-electron chi connectivity index (χ0n) is 16.7. The lowest BCUT2D eigenvalue weighted by Gasteiger charge is -2.04. The number of H-pyrrole nitrogens is 1. The van der Waals surface area contributed by atoms with Gasteiger partial charge in [-0.15, -0.1) is 10.2 Å². The summed E-state index contributed by atoms with van der Waals surface area (Å²) in [5, 5.41) is 27.5. The normalized spacial score (nSPS) is 11.5. The molecule has 0 spiro atoms. The van der Waals surface area contributed by atoms with Crippen LogP contribution in [0.25, 0.3) is 22.2 Å². The SMILES string of the molecule is Cc1ccc(-n2ncc(C#N)c2N=Nc2c(C)nn3c2[nH]c(=O)c2ccccc23)cc1. The molecule has 5 aromatic rings. The Hall–Kier alpha value is -4.58. The zero-order valence-corrected chi connectivity index (χ0v) is 16.7. The van der Waals surface area contributed by atoms with E-state index in [2.05, 4.69) is 31.5 Å². The van der Waals surface area contributed by atoms with Crippen LogP contribution in [0.1, 0.15) is 16.8 Å². The Morgan fingerprint density at radius 3 is 2.61 bits per heavy atom. The highest BCUT2D eigenvalue weighted by atomic mass is 16.1. The van der Waals surface area contributed by atoms with Crippen LogP contribution >= 0.6 is 0 Å². The Balaban J connectivity index is 1.68. The summed E-state index contributed by atoms with van der Waals surface area (Å²) < 4.78 is 3.20. The van der Waals surface area contributed by atoms with Crippen molar-refractivity contribution in [1.29, 1.82) is 5.26 Å². The van der Waals surface area contributed by atoms with E-state index in [-0.39, 0.29) is 11.1 Å². The largest absolute Gasteiger partial charge is 0.304 e. The topological polar surface area (TPSA) is 116 Å². The minimum absolute atomic E-state index is 0.234. The van der Waals surface area contributed by atoms with Crippen molar-refractivity contribution in [2.24, 2.45) is 10.2 Å². The monoisotopic (exact) mass is 408 g/mol. The molecule has 0 saturated carbocycles. The maximum Gasteiger partial charge on any atom is 0.259 e. The van der Waals surface area contributed by atoms with Crippen molar-refractivity contribution >= 4 is 28.1 Å². The van der Waals surface area contributed by atoms with Gasteiger partial charge in [0.2, 0.25) is 0 Å². The summed E-state index contributed by atoms with van der Waals surface area (Å²) in [4.78, 5) is 15.4. The van der Waals surface area contributed by atoms with Crippen molar-refractivity contribution in [3.8, 4) is 11.8 Å². The fourth-order valence-electron chi connectivity index (χ4n) is 3.44. The zero-order chi connectivity index (χ0) is 21.5. The molecule has 0 unspecified atom stereocenters. The summed E-state index contributed by atoms with van der Waals surface area (Å²) in [6.45, 7) is 3.78. The minimum Gasteiger partial charge on any atom is -0.304 e. The Bertz CT molecular complexity index is 1580. The van der Waals surface area contributed by atoms with Crippen LogP contribution in [-0.2, 0) is 0 Å². The number of nitrogens with one attached hydrogen (secondary N) is 1. The van der Waals surface area contributed by atoms with Gasteiger partial charge in [0.1, 0.15) is 11.6 Å².